The molecule has 0 spiro atoms. The van der Waals surface area contributed by atoms with Crippen LogP contribution in [0.5, 0.6) is 0 Å². The van der Waals surface area contributed by atoms with Gasteiger partial charge >= 0.3 is 0 Å². The summed E-state index contributed by atoms with van der Waals surface area (Å²) in [6, 6.07) is 0.362. The van der Waals surface area contributed by atoms with Gasteiger partial charge in [0, 0.05) is 18.0 Å². The summed E-state index contributed by atoms with van der Waals surface area (Å²) in [5, 5.41) is 3.08. The fraction of sp³-hybridized carbons (Fsp3) is 0.938. The highest BCUT2D eigenvalue weighted by atomic mass is 16.5. The van der Waals surface area contributed by atoms with Gasteiger partial charge in [-0.2, -0.15) is 0 Å². The summed E-state index contributed by atoms with van der Waals surface area (Å²) in [7, 11) is 0. The summed E-state index contributed by atoms with van der Waals surface area (Å²) < 4.78 is 5.84. The van der Waals surface area contributed by atoms with Gasteiger partial charge in [0.05, 0.1) is 12.7 Å². The number of amides is 1. The van der Waals surface area contributed by atoms with E-state index in [1.165, 1.54) is 12.8 Å². The summed E-state index contributed by atoms with van der Waals surface area (Å²) in [4.78, 5) is 12.3. The average molecular weight is 282 g/mol. The van der Waals surface area contributed by atoms with Crippen molar-refractivity contribution < 1.29 is 9.53 Å². The maximum absolute atomic E-state index is 12.3. The van der Waals surface area contributed by atoms with Gasteiger partial charge < -0.3 is 15.8 Å². The normalized spacial score (nSPS) is 29.3. The number of carbonyl (C=O) groups is 1. The Morgan fingerprint density at radius 1 is 1.25 bits per heavy atom. The molecule has 2 fully saturated rings. The first-order valence-electron chi connectivity index (χ1n) is 8.32. The molecule has 116 valence electrons. The molecule has 0 saturated heterocycles. The van der Waals surface area contributed by atoms with Crippen molar-refractivity contribution in [3.05, 3.63) is 0 Å². The minimum absolute atomic E-state index is 0.0857. The van der Waals surface area contributed by atoms with Gasteiger partial charge in [0.2, 0.25) is 5.91 Å². The topological polar surface area (TPSA) is 64.3 Å². The van der Waals surface area contributed by atoms with Gasteiger partial charge in [-0.1, -0.05) is 19.8 Å². The van der Waals surface area contributed by atoms with Crippen molar-refractivity contribution in [1.82, 2.24) is 5.32 Å². The van der Waals surface area contributed by atoms with Gasteiger partial charge in [-0.25, -0.2) is 0 Å². The van der Waals surface area contributed by atoms with Crippen LogP contribution in [0, 0.1) is 5.41 Å². The molecule has 0 atom stereocenters. The summed E-state index contributed by atoms with van der Waals surface area (Å²) in [6.07, 6.45) is 10.1. The second-order valence-electron chi connectivity index (χ2n) is 6.50. The van der Waals surface area contributed by atoms with Crippen LogP contribution in [0.15, 0.2) is 0 Å². The van der Waals surface area contributed by atoms with Crippen molar-refractivity contribution in [2.75, 3.05) is 13.2 Å². The lowest BCUT2D eigenvalue weighted by atomic mass is 9.82. The van der Waals surface area contributed by atoms with Crippen LogP contribution < -0.4 is 11.1 Å². The monoisotopic (exact) mass is 282 g/mol. The van der Waals surface area contributed by atoms with E-state index in [-0.39, 0.29) is 11.3 Å². The van der Waals surface area contributed by atoms with E-state index in [4.69, 9.17) is 10.5 Å². The zero-order valence-corrected chi connectivity index (χ0v) is 12.8. The van der Waals surface area contributed by atoms with Crippen molar-refractivity contribution in [2.45, 2.75) is 76.9 Å². The molecular weight excluding hydrogens is 252 g/mol. The minimum Gasteiger partial charge on any atom is -0.376 e. The summed E-state index contributed by atoms with van der Waals surface area (Å²) in [5.74, 6) is 0.242. The van der Waals surface area contributed by atoms with Gasteiger partial charge in [0.25, 0.3) is 0 Å². The van der Waals surface area contributed by atoms with Gasteiger partial charge in [0.15, 0.2) is 0 Å². The van der Waals surface area contributed by atoms with Crippen LogP contribution in [0.1, 0.15) is 64.7 Å². The third kappa shape index (κ3) is 3.95. The van der Waals surface area contributed by atoms with Gasteiger partial charge in [-0.15, -0.1) is 0 Å². The lowest BCUT2D eigenvalue weighted by molar-refractivity contribution is -0.131. The van der Waals surface area contributed by atoms with Crippen molar-refractivity contribution in [2.24, 2.45) is 11.1 Å². The average Bonchev–Trinajstić information content (AvgIpc) is 2.95. The quantitative estimate of drug-likeness (QED) is 0.735. The molecule has 2 aliphatic carbocycles. The fourth-order valence-electron chi connectivity index (χ4n) is 3.63. The molecule has 4 nitrogen and oxygen atoms in total. The number of rotatable bonds is 6. The summed E-state index contributed by atoms with van der Waals surface area (Å²) >= 11 is 0. The zero-order valence-electron chi connectivity index (χ0n) is 12.8. The van der Waals surface area contributed by atoms with Crippen LogP contribution in [0.3, 0.4) is 0 Å². The highest BCUT2D eigenvalue weighted by Gasteiger charge is 2.38. The van der Waals surface area contributed by atoms with Gasteiger partial charge in [-0.3, -0.25) is 4.79 Å². The zero-order chi connectivity index (χ0) is 14.4. The molecule has 20 heavy (non-hydrogen) atoms. The van der Waals surface area contributed by atoms with E-state index in [0.29, 0.717) is 25.3 Å². The van der Waals surface area contributed by atoms with Crippen LogP contribution >= 0.6 is 0 Å². The number of hydrogen-bond donors (Lipinski definition) is 2. The van der Waals surface area contributed by atoms with Crippen molar-refractivity contribution in [3.8, 4) is 0 Å². The lowest BCUT2D eigenvalue weighted by Gasteiger charge is -2.28. The maximum atomic E-state index is 12.3. The molecule has 0 radical (unpaired) electrons. The SMILES string of the molecule is CCC1(C(=O)NCCOC2CCC(N)CC2)CCCC1. The third-order valence-corrected chi connectivity index (χ3v) is 5.18. The molecule has 2 aliphatic rings. The molecule has 0 aromatic carbocycles. The number of carbonyl (C=O) groups excluding carboxylic acids is 1. The standard InChI is InChI=1S/C16H30N2O2/c1-2-16(9-3-4-10-16)15(19)18-11-12-20-14-7-5-13(17)6-8-14/h13-14H,2-12,17H2,1H3,(H,18,19). The fourth-order valence-corrected chi connectivity index (χ4v) is 3.63. The molecule has 3 N–H and O–H groups in total. The largest absolute Gasteiger partial charge is 0.376 e. The summed E-state index contributed by atoms with van der Waals surface area (Å²) in [5.41, 5.74) is 5.79. The van der Waals surface area contributed by atoms with E-state index in [2.05, 4.69) is 12.2 Å². The predicted octanol–water partition coefficient (Wildman–Crippen LogP) is 2.36. The van der Waals surface area contributed by atoms with E-state index >= 15 is 0 Å². The Morgan fingerprint density at radius 3 is 2.50 bits per heavy atom. The van der Waals surface area contributed by atoms with Crippen LogP contribution in [0.4, 0.5) is 0 Å². The third-order valence-electron chi connectivity index (χ3n) is 5.18. The molecule has 0 aliphatic heterocycles. The van der Waals surface area contributed by atoms with Crippen molar-refractivity contribution >= 4 is 5.91 Å². The Labute approximate surface area is 122 Å². The maximum Gasteiger partial charge on any atom is 0.226 e. The first-order valence-corrected chi connectivity index (χ1v) is 8.32. The molecule has 0 unspecified atom stereocenters. The molecule has 1 amide bonds. The second-order valence-corrected chi connectivity index (χ2v) is 6.50. The van der Waals surface area contributed by atoms with E-state index < -0.39 is 0 Å². The highest BCUT2D eigenvalue weighted by molar-refractivity contribution is 5.82. The number of nitrogens with one attached hydrogen (secondary N) is 1. The predicted molar refractivity (Wildman–Crippen MR) is 80.4 cm³/mol. The highest BCUT2D eigenvalue weighted by Crippen LogP contribution is 2.40. The van der Waals surface area contributed by atoms with Crippen molar-refractivity contribution in [1.29, 1.82) is 0 Å². The Bertz CT molecular complexity index is 306. The molecule has 0 aromatic heterocycles. The van der Waals surface area contributed by atoms with Crippen LogP contribution in [0.2, 0.25) is 0 Å². The molecule has 2 rings (SSSR count). The Balaban J connectivity index is 1.62. The molecule has 0 bridgehead atoms. The van der Waals surface area contributed by atoms with E-state index in [9.17, 15) is 4.79 Å². The Kier molecular flexibility index (Phi) is 5.85. The van der Waals surface area contributed by atoms with Crippen LogP contribution in [0.25, 0.3) is 0 Å². The van der Waals surface area contributed by atoms with Crippen LogP contribution in [-0.4, -0.2) is 31.2 Å². The number of hydrogen-bond acceptors (Lipinski definition) is 3. The Morgan fingerprint density at radius 2 is 1.90 bits per heavy atom. The number of ether oxygens (including phenoxy) is 1. The Hall–Kier alpha value is -0.610. The van der Waals surface area contributed by atoms with Gasteiger partial charge in [0.1, 0.15) is 0 Å². The lowest BCUT2D eigenvalue weighted by Crippen LogP contribution is -2.40. The summed E-state index contributed by atoms with van der Waals surface area (Å²) in [6.45, 7) is 3.40. The molecule has 0 aromatic rings. The van der Waals surface area contributed by atoms with E-state index in [1.807, 2.05) is 0 Å². The molecule has 2 saturated carbocycles. The van der Waals surface area contributed by atoms with Crippen molar-refractivity contribution in [3.63, 3.8) is 0 Å². The minimum atomic E-state index is -0.0857. The number of nitrogens with two attached hydrogens (primary N) is 1. The second kappa shape index (κ2) is 7.41. The first kappa shape index (κ1) is 15.8. The molecule has 0 heterocycles. The van der Waals surface area contributed by atoms with E-state index in [0.717, 1.165) is 44.9 Å². The van der Waals surface area contributed by atoms with E-state index in [1.54, 1.807) is 0 Å². The molecule has 4 heteroatoms. The molecular formula is C16H30N2O2. The first-order chi connectivity index (χ1) is 9.66. The smallest absolute Gasteiger partial charge is 0.226 e. The van der Waals surface area contributed by atoms with Gasteiger partial charge in [-0.05, 0) is 44.9 Å². The van der Waals surface area contributed by atoms with Crippen LogP contribution in [-0.2, 0) is 9.53 Å².